The molecule has 0 aromatic heterocycles. The van der Waals surface area contributed by atoms with Gasteiger partial charge in [-0.15, -0.1) is 0 Å². The molecule has 1 aromatic rings. The lowest BCUT2D eigenvalue weighted by molar-refractivity contribution is -0.139. The molecule has 0 fully saturated rings. The zero-order chi connectivity index (χ0) is 11.8. The van der Waals surface area contributed by atoms with Crippen LogP contribution < -0.4 is 0 Å². The highest BCUT2D eigenvalue weighted by Crippen LogP contribution is 2.13. The summed E-state index contributed by atoms with van der Waals surface area (Å²) in [5.74, 6) is -0.279. The minimum absolute atomic E-state index is 0.241. The van der Waals surface area contributed by atoms with Gasteiger partial charge in [-0.2, -0.15) is 4.99 Å². The van der Waals surface area contributed by atoms with Gasteiger partial charge in [0.25, 0.3) is 0 Å². The van der Waals surface area contributed by atoms with Crippen molar-refractivity contribution in [1.82, 2.24) is 0 Å². The number of methoxy groups -OCH3 is 1. The minimum atomic E-state index is -0.279. The summed E-state index contributed by atoms with van der Waals surface area (Å²) in [6, 6.07) is 6.99. The van der Waals surface area contributed by atoms with E-state index in [1.54, 1.807) is 36.4 Å². The van der Waals surface area contributed by atoms with Crippen LogP contribution in [0.25, 0.3) is 6.08 Å². The second-order valence-electron chi connectivity index (χ2n) is 2.98. The molecule has 0 unspecified atom stereocenters. The van der Waals surface area contributed by atoms with E-state index >= 15 is 0 Å². The molecule has 4 heteroatoms. The van der Waals surface area contributed by atoms with E-state index in [-0.39, 0.29) is 12.4 Å². The summed E-state index contributed by atoms with van der Waals surface area (Å²) in [4.78, 5) is 24.3. The van der Waals surface area contributed by atoms with E-state index in [1.807, 2.05) is 0 Å². The van der Waals surface area contributed by atoms with Gasteiger partial charge in [-0.3, -0.25) is 4.79 Å². The Balaban J connectivity index is 2.61. The zero-order valence-electron chi connectivity index (χ0n) is 8.84. The monoisotopic (exact) mass is 217 g/mol. The minimum Gasteiger partial charge on any atom is -0.469 e. The molecule has 82 valence electrons. The number of carbonyl (C=O) groups is 1. The van der Waals surface area contributed by atoms with E-state index in [2.05, 4.69) is 9.73 Å². The Bertz CT molecular complexity index is 428. The number of benzene rings is 1. The third-order valence-electron chi connectivity index (χ3n) is 1.89. The van der Waals surface area contributed by atoms with Crippen molar-refractivity contribution >= 4 is 23.8 Å². The van der Waals surface area contributed by atoms with Crippen LogP contribution in [0.2, 0.25) is 0 Å². The number of hydrogen-bond acceptors (Lipinski definition) is 4. The van der Waals surface area contributed by atoms with Gasteiger partial charge in [0, 0.05) is 0 Å². The molecule has 16 heavy (non-hydrogen) atoms. The quantitative estimate of drug-likeness (QED) is 0.441. The molecule has 0 bridgehead atoms. The van der Waals surface area contributed by atoms with Crippen LogP contribution in [0.5, 0.6) is 0 Å². The molecular weight excluding hydrogens is 206 g/mol. The Labute approximate surface area is 93.3 Å². The average Bonchev–Trinajstić information content (AvgIpc) is 2.31. The van der Waals surface area contributed by atoms with Gasteiger partial charge >= 0.3 is 5.97 Å². The smallest absolute Gasteiger partial charge is 0.309 e. The summed E-state index contributed by atoms with van der Waals surface area (Å²) in [6.07, 6.45) is 5.21. The lowest BCUT2D eigenvalue weighted by atomic mass is 10.2. The molecule has 0 amide bonds. The van der Waals surface area contributed by atoms with Crippen LogP contribution in [-0.4, -0.2) is 19.2 Å². The summed E-state index contributed by atoms with van der Waals surface area (Å²) >= 11 is 0. The van der Waals surface area contributed by atoms with Crippen molar-refractivity contribution in [2.24, 2.45) is 4.99 Å². The summed E-state index contributed by atoms with van der Waals surface area (Å²) in [5.41, 5.74) is 1.48. The van der Waals surface area contributed by atoms with Crippen LogP contribution in [0.1, 0.15) is 12.0 Å². The summed E-state index contributed by atoms with van der Waals surface area (Å²) in [7, 11) is 1.35. The first-order valence-electron chi connectivity index (χ1n) is 4.67. The fourth-order valence-corrected chi connectivity index (χ4v) is 1.09. The highest BCUT2D eigenvalue weighted by Gasteiger charge is 1.94. The number of aliphatic imine (C=N–C) groups is 1. The predicted molar refractivity (Wildman–Crippen MR) is 59.9 cm³/mol. The lowest BCUT2D eigenvalue weighted by Gasteiger charge is -1.94. The molecule has 0 spiro atoms. The molecule has 0 aliphatic carbocycles. The van der Waals surface area contributed by atoms with Crippen LogP contribution in [-0.2, 0) is 14.3 Å². The van der Waals surface area contributed by atoms with Crippen LogP contribution in [0, 0.1) is 0 Å². The second-order valence-corrected chi connectivity index (χ2v) is 2.98. The number of isocyanates is 1. The zero-order valence-corrected chi connectivity index (χ0v) is 8.84. The van der Waals surface area contributed by atoms with E-state index in [0.717, 1.165) is 5.56 Å². The molecule has 0 atom stereocenters. The van der Waals surface area contributed by atoms with Gasteiger partial charge < -0.3 is 4.74 Å². The maximum absolute atomic E-state index is 10.8. The number of rotatable bonds is 4. The highest BCUT2D eigenvalue weighted by atomic mass is 16.5. The fraction of sp³-hybridized carbons (Fsp3) is 0.167. The van der Waals surface area contributed by atoms with E-state index < -0.39 is 0 Å². The van der Waals surface area contributed by atoms with Crippen molar-refractivity contribution in [2.75, 3.05) is 7.11 Å². The standard InChI is InChI=1S/C12H11NO3/c1-16-12(15)4-2-3-10-5-7-11(8-6-10)13-9-14/h2-3,5-8H,4H2,1H3. The maximum atomic E-state index is 10.8. The predicted octanol–water partition coefficient (Wildman–Crippen LogP) is 2.23. The largest absolute Gasteiger partial charge is 0.469 e. The molecule has 1 aromatic carbocycles. The van der Waals surface area contributed by atoms with E-state index in [0.29, 0.717) is 5.69 Å². The first-order valence-corrected chi connectivity index (χ1v) is 4.67. The Morgan fingerprint density at radius 3 is 2.69 bits per heavy atom. The highest BCUT2D eigenvalue weighted by molar-refractivity contribution is 5.72. The van der Waals surface area contributed by atoms with Crippen molar-refractivity contribution in [1.29, 1.82) is 0 Å². The molecule has 4 nitrogen and oxygen atoms in total. The average molecular weight is 217 g/mol. The van der Waals surface area contributed by atoms with Crippen molar-refractivity contribution in [3.63, 3.8) is 0 Å². The van der Waals surface area contributed by atoms with Gasteiger partial charge in [0.1, 0.15) is 0 Å². The first-order chi connectivity index (χ1) is 7.76. The molecule has 1 rings (SSSR count). The second kappa shape index (κ2) is 6.32. The van der Waals surface area contributed by atoms with Gasteiger partial charge in [0.2, 0.25) is 6.08 Å². The summed E-state index contributed by atoms with van der Waals surface area (Å²) < 4.78 is 4.49. The molecular formula is C12H11NO3. The van der Waals surface area contributed by atoms with Crippen LogP contribution in [0.15, 0.2) is 35.3 Å². The molecule has 0 saturated carbocycles. The third kappa shape index (κ3) is 3.90. The number of nitrogens with zero attached hydrogens (tertiary/aromatic N) is 1. The third-order valence-corrected chi connectivity index (χ3v) is 1.89. The maximum Gasteiger partial charge on any atom is 0.309 e. The lowest BCUT2D eigenvalue weighted by Crippen LogP contribution is -1.96. The number of hydrogen-bond donors (Lipinski definition) is 0. The molecule has 0 heterocycles. The molecule has 0 aliphatic rings. The number of carbonyl (C=O) groups excluding carboxylic acids is 2. The fourth-order valence-electron chi connectivity index (χ4n) is 1.09. The van der Waals surface area contributed by atoms with Crippen LogP contribution in [0.3, 0.4) is 0 Å². The van der Waals surface area contributed by atoms with Crippen molar-refractivity contribution in [2.45, 2.75) is 6.42 Å². The van der Waals surface area contributed by atoms with Gasteiger partial charge in [0.05, 0.1) is 19.2 Å². The summed E-state index contributed by atoms with van der Waals surface area (Å²) in [6.45, 7) is 0. The van der Waals surface area contributed by atoms with Gasteiger partial charge in [-0.05, 0) is 17.7 Å². The van der Waals surface area contributed by atoms with Gasteiger partial charge in [0.15, 0.2) is 0 Å². The molecule has 0 N–H and O–H groups in total. The molecule has 0 aliphatic heterocycles. The Hall–Kier alpha value is -2.19. The normalized spacial score (nSPS) is 9.81. The number of ether oxygens (including phenoxy) is 1. The van der Waals surface area contributed by atoms with Crippen molar-refractivity contribution in [3.05, 3.63) is 35.9 Å². The molecule has 0 radical (unpaired) electrons. The number of esters is 1. The Morgan fingerprint density at radius 2 is 2.12 bits per heavy atom. The van der Waals surface area contributed by atoms with Crippen molar-refractivity contribution < 1.29 is 14.3 Å². The van der Waals surface area contributed by atoms with E-state index in [9.17, 15) is 9.59 Å². The van der Waals surface area contributed by atoms with Gasteiger partial charge in [-0.25, -0.2) is 4.79 Å². The van der Waals surface area contributed by atoms with E-state index in [1.165, 1.54) is 13.2 Å². The molecule has 0 saturated heterocycles. The first kappa shape index (κ1) is 11.9. The SMILES string of the molecule is COC(=O)CC=Cc1ccc(N=C=O)cc1. The summed E-state index contributed by atoms with van der Waals surface area (Å²) in [5, 5.41) is 0. The Morgan fingerprint density at radius 1 is 1.44 bits per heavy atom. The van der Waals surface area contributed by atoms with Crippen molar-refractivity contribution in [3.8, 4) is 0 Å². The van der Waals surface area contributed by atoms with Crippen LogP contribution in [0.4, 0.5) is 5.69 Å². The van der Waals surface area contributed by atoms with Crippen LogP contribution >= 0.6 is 0 Å². The van der Waals surface area contributed by atoms with Gasteiger partial charge in [-0.1, -0.05) is 24.3 Å². The Kier molecular flexibility index (Phi) is 4.70. The van der Waals surface area contributed by atoms with E-state index in [4.69, 9.17) is 0 Å². The topological polar surface area (TPSA) is 55.7 Å².